The summed E-state index contributed by atoms with van der Waals surface area (Å²) in [6.07, 6.45) is 0. The van der Waals surface area contributed by atoms with E-state index in [1.165, 1.54) is 23.1 Å². The van der Waals surface area contributed by atoms with Crippen LogP contribution in [0.15, 0.2) is 28.6 Å². The van der Waals surface area contributed by atoms with Gasteiger partial charge in [-0.3, -0.25) is 0 Å². The molecule has 20 heavy (non-hydrogen) atoms. The van der Waals surface area contributed by atoms with Crippen LogP contribution in [0.5, 0.6) is 0 Å². The number of benzene rings is 1. The number of aromatic amines is 1. The minimum atomic E-state index is -0.921. The Morgan fingerprint density at radius 1 is 1.40 bits per heavy atom. The number of aryl methyl sites for hydroxylation is 1. The lowest BCUT2D eigenvalue weighted by Gasteiger charge is -1.92. The molecule has 3 rings (SSSR count). The first-order valence-electron chi connectivity index (χ1n) is 5.90. The van der Waals surface area contributed by atoms with Crippen LogP contribution in [0.1, 0.15) is 21.2 Å². The SMILES string of the molecule is Cc1nc(SCc2nc3ccccc3[nH]2)sc1C(=O)O. The van der Waals surface area contributed by atoms with Gasteiger partial charge in [0.2, 0.25) is 0 Å². The van der Waals surface area contributed by atoms with Crippen molar-refractivity contribution in [1.82, 2.24) is 15.0 Å². The molecule has 7 heteroatoms. The average molecular weight is 305 g/mol. The number of hydrogen-bond donors (Lipinski definition) is 2. The van der Waals surface area contributed by atoms with Crippen LogP contribution >= 0.6 is 23.1 Å². The number of thioether (sulfide) groups is 1. The Balaban J connectivity index is 1.76. The maximum absolute atomic E-state index is 11.0. The smallest absolute Gasteiger partial charge is 0.347 e. The van der Waals surface area contributed by atoms with Gasteiger partial charge in [0, 0.05) is 0 Å². The molecule has 0 amide bonds. The van der Waals surface area contributed by atoms with Crippen molar-refractivity contribution in [3.63, 3.8) is 0 Å². The maximum atomic E-state index is 11.0. The number of aromatic nitrogens is 3. The first kappa shape index (κ1) is 13.1. The van der Waals surface area contributed by atoms with Gasteiger partial charge >= 0.3 is 5.97 Å². The van der Waals surface area contributed by atoms with E-state index in [0.29, 0.717) is 16.3 Å². The number of para-hydroxylation sites is 2. The van der Waals surface area contributed by atoms with E-state index in [1.54, 1.807) is 6.92 Å². The van der Waals surface area contributed by atoms with Crippen LogP contribution in [0.3, 0.4) is 0 Å². The Morgan fingerprint density at radius 3 is 2.90 bits per heavy atom. The highest BCUT2D eigenvalue weighted by molar-refractivity contribution is 8.00. The van der Waals surface area contributed by atoms with E-state index >= 15 is 0 Å². The van der Waals surface area contributed by atoms with Crippen molar-refractivity contribution < 1.29 is 9.90 Å². The molecule has 0 unspecified atom stereocenters. The number of fused-ring (bicyclic) bond motifs is 1. The number of aromatic carboxylic acids is 1. The molecule has 102 valence electrons. The molecular weight excluding hydrogens is 294 g/mol. The monoisotopic (exact) mass is 305 g/mol. The van der Waals surface area contributed by atoms with E-state index < -0.39 is 5.97 Å². The summed E-state index contributed by atoms with van der Waals surface area (Å²) in [5, 5.41) is 9.00. The van der Waals surface area contributed by atoms with Crippen molar-refractivity contribution in [1.29, 1.82) is 0 Å². The number of carboxylic acid groups (broad SMARTS) is 1. The van der Waals surface area contributed by atoms with Crippen molar-refractivity contribution in [3.05, 3.63) is 40.7 Å². The highest BCUT2D eigenvalue weighted by Crippen LogP contribution is 2.29. The number of H-pyrrole nitrogens is 1. The molecule has 2 N–H and O–H groups in total. The van der Waals surface area contributed by atoms with Crippen LogP contribution in [0.2, 0.25) is 0 Å². The zero-order chi connectivity index (χ0) is 14.1. The van der Waals surface area contributed by atoms with Crippen LogP contribution in [-0.2, 0) is 5.75 Å². The van der Waals surface area contributed by atoms with Gasteiger partial charge in [-0.15, -0.1) is 11.3 Å². The van der Waals surface area contributed by atoms with Crippen LogP contribution in [0, 0.1) is 6.92 Å². The van der Waals surface area contributed by atoms with Gasteiger partial charge < -0.3 is 10.1 Å². The summed E-state index contributed by atoms with van der Waals surface area (Å²) in [6.45, 7) is 1.71. The molecule has 0 radical (unpaired) electrons. The lowest BCUT2D eigenvalue weighted by Crippen LogP contribution is -1.94. The van der Waals surface area contributed by atoms with Crippen LogP contribution in [-0.4, -0.2) is 26.0 Å². The molecule has 1 aromatic carbocycles. The highest BCUT2D eigenvalue weighted by Gasteiger charge is 2.14. The van der Waals surface area contributed by atoms with Crippen LogP contribution in [0.25, 0.3) is 11.0 Å². The van der Waals surface area contributed by atoms with Gasteiger partial charge in [-0.25, -0.2) is 14.8 Å². The Labute approximate surface area is 123 Å². The summed E-state index contributed by atoms with van der Waals surface area (Å²) >= 11 is 2.70. The highest BCUT2D eigenvalue weighted by atomic mass is 32.2. The van der Waals surface area contributed by atoms with Gasteiger partial charge in [0.25, 0.3) is 0 Å². The summed E-state index contributed by atoms with van der Waals surface area (Å²) in [5.41, 5.74) is 2.50. The summed E-state index contributed by atoms with van der Waals surface area (Å²) in [4.78, 5) is 23.2. The minimum absolute atomic E-state index is 0.303. The maximum Gasteiger partial charge on any atom is 0.347 e. The molecule has 2 heterocycles. The predicted octanol–water partition coefficient (Wildman–Crippen LogP) is 3.32. The molecule has 0 aliphatic rings. The lowest BCUT2D eigenvalue weighted by molar-refractivity contribution is 0.0701. The molecule has 0 bridgehead atoms. The van der Waals surface area contributed by atoms with Gasteiger partial charge in [0.05, 0.1) is 22.5 Å². The molecule has 0 atom stereocenters. The average Bonchev–Trinajstić information content (AvgIpc) is 2.99. The molecule has 0 fully saturated rings. The van der Waals surface area contributed by atoms with Crippen molar-refractivity contribution in [2.45, 2.75) is 17.0 Å². The van der Waals surface area contributed by atoms with E-state index in [9.17, 15) is 4.79 Å². The quantitative estimate of drug-likeness (QED) is 0.723. The van der Waals surface area contributed by atoms with Crippen molar-refractivity contribution in [3.8, 4) is 0 Å². The predicted molar refractivity (Wildman–Crippen MR) is 79.5 cm³/mol. The molecule has 0 spiro atoms. The van der Waals surface area contributed by atoms with Crippen molar-refractivity contribution in [2.24, 2.45) is 0 Å². The first-order chi connectivity index (χ1) is 9.63. The number of hydrogen-bond acceptors (Lipinski definition) is 5. The number of imidazole rings is 1. The van der Waals surface area contributed by atoms with Gasteiger partial charge in [0.1, 0.15) is 10.7 Å². The van der Waals surface area contributed by atoms with Crippen molar-refractivity contribution in [2.75, 3.05) is 0 Å². The largest absolute Gasteiger partial charge is 0.477 e. The lowest BCUT2D eigenvalue weighted by atomic mass is 10.3. The third kappa shape index (κ3) is 2.54. The third-order valence-corrected chi connectivity index (χ3v) is 5.04. The van der Waals surface area contributed by atoms with Crippen LogP contribution in [0.4, 0.5) is 0 Å². The normalized spacial score (nSPS) is 11.1. The molecule has 0 aliphatic carbocycles. The number of nitrogens with one attached hydrogen (secondary N) is 1. The van der Waals surface area contributed by atoms with Gasteiger partial charge in [-0.05, 0) is 19.1 Å². The molecule has 3 aromatic rings. The zero-order valence-electron chi connectivity index (χ0n) is 10.6. The summed E-state index contributed by atoms with van der Waals surface area (Å²) in [6, 6.07) is 7.84. The van der Waals surface area contributed by atoms with E-state index in [-0.39, 0.29) is 0 Å². The Kier molecular flexibility index (Phi) is 3.45. The topological polar surface area (TPSA) is 78.9 Å². The third-order valence-electron chi connectivity index (χ3n) is 2.74. The van der Waals surface area contributed by atoms with E-state index in [2.05, 4.69) is 15.0 Å². The van der Waals surface area contributed by atoms with Gasteiger partial charge in [-0.2, -0.15) is 0 Å². The fourth-order valence-electron chi connectivity index (χ4n) is 1.84. The summed E-state index contributed by atoms with van der Waals surface area (Å²) in [5.74, 6) is 0.581. The second-order valence-corrected chi connectivity index (χ2v) is 6.41. The Hall–Kier alpha value is -1.86. The number of carboxylic acids is 1. The van der Waals surface area contributed by atoms with Gasteiger partial charge in [-0.1, -0.05) is 23.9 Å². The summed E-state index contributed by atoms with van der Waals surface area (Å²) in [7, 11) is 0. The first-order valence-corrected chi connectivity index (χ1v) is 7.71. The van der Waals surface area contributed by atoms with E-state index in [1.807, 2.05) is 24.3 Å². The molecule has 5 nitrogen and oxygen atoms in total. The fraction of sp³-hybridized carbons (Fsp3) is 0.154. The molecule has 0 saturated heterocycles. The fourth-order valence-corrected chi connectivity index (χ4v) is 3.73. The Bertz CT molecular complexity index is 746. The van der Waals surface area contributed by atoms with E-state index in [0.717, 1.165) is 21.2 Å². The summed E-state index contributed by atoms with van der Waals surface area (Å²) < 4.78 is 0.750. The number of carbonyl (C=O) groups is 1. The second kappa shape index (κ2) is 5.26. The second-order valence-electron chi connectivity index (χ2n) is 4.19. The van der Waals surface area contributed by atoms with Crippen molar-refractivity contribution >= 4 is 40.1 Å². The van der Waals surface area contributed by atoms with E-state index in [4.69, 9.17) is 5.11 Å². The standard InChI is InChI=1S/C13H11N3O2S2/c1-7-11(12(17)18)20-13(14-7)19-6-10-15-8-4-2-3-5-9(8)16-10/h2-5H,6H2,1H3,(H,15,16)(H,17,18). The molecule has 0 saturated carbocycles. The molecule has 0 aliphatic heterocycles. The molecular formula is C13H11N3O2S2. The van der Waals surface area contributed by atoms with Gasteiger partial charge in [0.15, 0.2) is 4.34 Å². The number of thiazole rings is 1. The number of rotatable bonds is 4. The zero-order valence-corrected chi connectivity index (χ0v) is 12.2. The molecule has 2 aromatic heterocycles. The Morgan fingerprint density at radius 2 is 2.20 bits per heavy atom. The minimum Gasteiger partial charge on any atom is -0.477 e. The number of nitrogens with zero attached hydrogens (tertiary/aromatic N) is 2. The van der Waals surface area contributed by atoms with Crippen LogP contribution < -0.4 is 0 Å².